The summed E-state index contributed by atoms with van der Waals surface area (Å²) >= 11 is 6.47. The van der Waals surface area contributed by atoms with Gasteiger partial charge in [-0.15, -0.1) is 10.2 Å². The number of benzene rings is 4. The molecule has 23 heteroatoms. The van der Waals surface area contributed by atoms with Crippen LogP contribution >= 0.6 is 11.6 Å². The van der Waals surface area contributed by atoms with E-state index in [-0.39, 0.29) is 41.7 Å². The first-order valence-corrected chi connectivity index (χ1v) is 25.6. The van der Waals surface area contributed by atoms with E-state index in [0.29, 0.717) is 33.9 Å². The zero-order chi connectivity index (χ0) is 52.8. The van der Waals surface area contributed by atoms with Crippen molar-refractivity contribution in [1.29, 1.82) is 0 Å². The van der Waals surface area contributed by atoms with Crippen molar-refractivity contribution in [2.45, 2.75) is 89.1 Å². The molecule has 384 valence electrons. The molecule has 0 fully saturated rings. The first-order valence-electron chi connectivity index (χ1n) is 22.3. The molecule has 0 aliphatic heterocycles. The van der Waals surface area contributed by atoms with Crippen molar-refractivity contribution in [3.8, 4) is 39.8 Å². The van der Waals surface area contributed by atoms with Crippen LogP contribution in [-0.4, -0.2) is 108 Å². The van der Waals surface area contributed by atoms with Crippen LogP contribution in [-0.2, 0) is 39.7 Å². The fourth-order valence-electron chi connectivity index (χ4n) is 8.12. The Morgan fingerprint density at radius 1 is 0.708 bits per heavy atom. The van der Waals surface area contributed by atoms with Crippen LogP contribution < -0.4 is 29.6 Å². The van der Waals surface area contributed by atoms with Crippen molar-refractivity contribution >= 4 is 43.8 Å². The van der Waals surface area contributed by atoms with Crippen LogP contribution in [0.25, 0.3) is 22.5 Å². The van der Waals surface area contributed by atoms with E-state index in [0.717, 1.165) is 15.9 Å². The highest BCUT2D eigenvalue weighted by Crippen LogP contribution is 2.42. The summed E-state index contributed by atoms with van der Waals surface area (Å²) in [4.78, 5) is 28.7. The Balaban J connectivity index is 1.71. The molecule has 0 spiro atoms. The molecule has 6 aromatic rings. The third-order valence-electron chi connectivity index (χ3n) is 11.7. The second-order valence-electron chi connectivity index (χ2n) is 18.9. The summed E-state index contributed by atoms with van der Waals surface area (Å²) in [6, 6.07) is 21.6. The molecule has 0 aliphatic rings. The molecule has 6 rings (SSSR count). The fraction of sp³-hybridized carbons (Fsp3) is 0.347. The number of sulfonamides is 2. The van der Waals surface area contributed by atoms with Crippen molar-refractivity contribution in [3.05, 3.63) is 125 Å². The van der Waals surface area contributed by atoms with Gasteiger partial charge in [-0.25, -0.2) is 36.1 Å². The van der Waals surface area contributed by atoms with Gasteiger partial charge in [-0.1, -0.05) is 95.6 Å². The summed E-state index contributed by atoms with van der Waals surface area (Å²) in [5, 5.41) is 38.5. The molecule has 2 atom stereocenters. The topological polar surface area (TPSA) is 266 Å². The molecular formula is C49H58ClN9O11S2. The van der Waals surface area contributed by atoms with E-state index >= 15 is 16.8 Å². The molecule has 0 saturated heterocycles. The van der Waals surface area contributed by atoms with E-state index in [4.69, 9.17) is 25.8 Å². The smallest absolute Gasteiger partial charge is 0.404 e. The van der Waals surface area contributed by atoms with E-state index in [2.05, 4.69) is 35.8 Å². The lowest BCUT2D eigenvalue weighted by Crippen LogP contribution is -2.67. The summed E-state index contributed by atoms with van der Waals surface area (Å²) in [5.74, 6) is 1.31. The van der Waals surface area contributed by atoms with Gasteiger partial charge in [-0.3, -0.25) is 0 Å². The molecule has 0 bridgehead atoms. The van der Waals surface area contributed by atoms with Crippen molar-refractivity contribution < 1.29 is 50.8 Å². The predicted molar refractivity (Wildman–Crippen MR) is 269 cm³/mol. The second kappa shape index (κ2) is 22.3. The summed E-state index contributed by atoms with van der Waals surface area (Å²) in [5.41, 5.74) is -0.324. The number of aromatic nitrogens is 5. The highest BCUT2D eigenvalue weighted by molar-refractivity contribution is 7.92. The molecule has 20 nitrogen and oxygen atoms in total. The predicted octanol–water partition coefficient (Wildman–Crippen LogP) is 7.53. The molecular weight excluding hydrogens is 990 g/mol. The van der Waals surface area contributed by atoms with Crippen LogP contribution in [0.3, 0.4) is 0 Å². The number of ether oxygens (including phenoxy) is 3. The Labute approximate surface area is 423 Å². The average Bonchev–Trinajstić information content (AvgIpc) is 3.79. The van der Waals surface area contributed by atoms with Gasteiger partial charge in [0.05, 0.1) is 51.6 Å². The third kappa shape index (κ3) is 13.2. The van der Waals surface area contributed by atoms with Crippen molar-refractivity contribution in [2.75, 3.05) is 21.3 Å². The van der Waals surface area contributed by atoms with Crippen LogP contribution in [0.4, 0.5) is 9.59 Å². The Morgan fingerprint density at radius 2 is 1.18 bits per heavy atom. The van der Waals surface area contributed by atoms with Gasteiger partial charge < -0.3 is 35.1 Å². The van der Waals surface area contributed by atoms with E-state index in [9.17, 15) is 19.8 Å². The molecule has 2 aromatic heterocycles. The Bertz CT molecular complexity index is 3010. The van der Waals surface area contributed by atoms with Crippen LogP contribution in [0.15, 0.2) is 113 Å². The van der Waals surface area contributed by atoms with Crippen molar-refractivity contribution in [1.82, 2.24) is 44.9 Å². The molecule has 2 heterocycles. The third-order valence-corrected chi connectivity index (χ3v) is 15.4. The van der Waals surface area contributed by atoms with Crippen LogP contribution in [0, 0.1) is 10.8 Å². The lowest BCUT2D eigenvalue weighted by Gasteiger charge is -2.45. The number of carboxylic acid groups (broad SMARTS) is 2. The number of rotatable bonds is 20. The van der Waals surface area contributed by atoms with E-state index in [1.54, 1.807) is 120 Å². The monoisotopic (exact) mass is 1050 g/mol. The summed E-state index contributed by atoms with van der Waals surface area (Å²) in [6.07, 6.45) is -1.65. The average molecular weight is 1050 g/mol. The number of halogens is 1. The summed E-state index contributed by atoms with van der Waals surface area (Å²) in [6.45, 7) is 9.32. The van der Waals surface area contributed by atoms with E-state index in [1.807, 2.05) is 0 Å². The fourth-order valence-corrected chi connectivity index (χ4v) is 12.0. The maximum atomic E-state index is 16.3. The highest BCUT2D eigenvalue weighted by Gasteiger charge is 2.47. The number of amides is 2. The number of carbonyl (C=O) groups is 2. The first-order chi connectivity index (χ1) is 33.8. The molecule has 2 amide bonds. The number of hydrogen-bond acceptors (Lipinski definition) is 13. The van der Waals surface area contributed by atoms with Gasteiger partial charge in [0.25, 0.3) is 0 Å². The molecule has 0 saturated carbocycles. The lowest BCUT2D eigenvalue weighted by molar-refractivity contribution is 0.121. The molecule has 0 radical (unpaired) electrons. The number of methoxy groups -OCH3 is 3. The summed E-state index contributed by atoms with van der Waals surface area (Å²) in [7, 11) is -5.85. The van der Waals surface area contributed by atoms with Crippen molar-refractivity contribution in [2.24, 2.45) is 10.8 Å². The minimum Gasteiger partial charge on any atom is -0.497 e. The Hall–Kier alpha value is -6.85. The second-order valence-corrected chi connectivity index (χ2v) is 22.8. The van der Waals surface area contributed by atoms with E-state index in [1.165, 1.54) is 44.5 Å². The number of nitrogens with zero attached hydrogens (tertiary/aromatic N) is 6. The van der Waals surface area contributed by atoms with Gasteiger partial charge >= 0.3 is 12.2 Å². The number of nitrogens with one attached hydrogen (secondary N) is 3. The Morgan fingerprint density at radius 3 is 1.61 bits per heavy atom. The standard InChI is InChI=1S/C49H58ClN9O11S2/c1-48(2,3)43(52-46(60)61)41(44(49(4,5)6)53-47(62)63)56-71(64,65)38-23-22-37(33-24-25-51-39(50)26-33)40(45-54-57-59(55-45)29-32-14-20-36(70-9)21-15-32)42(38)72(66,67)58(27-30-10-16-34(68-7)17-11-30)28-31-12-18-35(69-8)19-13-31/h10-26,41,43-44,52-53,56H,27-29H2,1-9H3,(H,60,61)(H,62,63). The maximum Gasteiger partial charge on any atom is 0.404 e. The Kier molecular flexibility index (Phi) is 16.9. The zero-order valence-electron chi connectivity index (χ0n) is 41.1. The number of pyridine rings is 1. The van der Waals surface area contributed by atoms with Gasteiger partial charge in [-0.2, -0.15) is 9.10 Å². The highest BCUT2D eigenvalue weighted by atomic mass is 35.5. The van der Waals surface area contributed by atoms with Crippen LogP contribution in [0.1, 0.15) is 58.2 Å². The van der Waals surface area contributed by atoms with Gasteiger partial charge in [0, 0.05) is 19.3 Å². The SMILES string of the molecule is COc1ccc(CN(Cc2ccc(OC)cc2)S(=O)(=O)c2c(S(=O)(=O)NC(C(NC(=O)O)C(C)(C)C)C(NC(=O)O)C(C)(C)C)ccc(-c3ccnc(Cl)c3)c2-c2nnn(Cc3ccc(OC)cc3)n2)cc1. The number of hydrogen-bond donors (Lipinski definition) is 5. The zero-order valence-corrected chi connectivity index (χ0v) is 43.5. The van der Waals surface area contributed by atoms with E-state index < -0.39 is 71.0 Å². The van der Waals surface area contributed by atoms with Crippen LogP contribution in [0.5, 0.6) is 17.2 Å². The molecule has 5 N–H and O–H groups in total. The molecule has 72 heavy (non-hydrogen) atoms. The molecule has 2 unspecified atom stereocenters. The minimum absolute atomic E-state index is 0.0270. The summed E-state index contributed by atoms with van der Waals surface area (Å²) < 4.78 is 83.8. The molecule has 4 aromatic carbocycles. The van der Waals surface area contributed by atoms with Gasteiger partial charge in [0.15, 0.2) is 0 Å². The first kappa shape index (κ1) is 54.5. The maximum absolute atomic E-state index is 16.3. The number of tetrazole rings is 1. The van der Waals surface area contributed by atoms with Crippen molar-refractivity contribution in [3.63, 3.8) is 0 Å². The van der Waals surface area contributed by atoms with Gasteiger partial charge in [0.2, 0.25) is 25.9 Å². The minimum atomic E-state index is -5.23. The quantitative estimate of drug-likeness (QED) is 0.0463. The largest absolute Gasteiger partial charge is 0.497 e. The molecule has 0 aliphatic carbocycles. The van der Waals surface area contributed by atoms with Gasteiger partial charge in [-0.05, 0) is 98.5 Å². The van der Waals surface area contributed by atoms with Crippen LogP contribution in [0.2, 0.25) is 5.15 Å². The van der Waals surface area contributed by atoms with Gasteiger partial charge in [0.1, 0.15) is 32.2 Å². The normalized spacial score (nSPS) is 13.5. The lowest BCUT2D eigenvalue weighted by atomic mass is 9.73.